The van der Waals surface area contributed by atoms with Crippen LogP contribution in [-0.2, 0) is 5.11 Å². The van der Waals surface area contributed by atoms with E-state index in [0.717, 1.165) is 13.8 Å². The van der Waals surface area contributed by atoms with Gasteiger partial charge in [0.2, 0.25) is 0 Å². The van der Waals surface area contributed by atoms with Crippen LogP contribution in [0.5, 0.6) is 0 Å². The fourth-order valence-corrected chi connectivity index (χ4v) is 0. The SMILES string of the molecule is CC(C)(O)C([O])(F)F. The van der Waals surface area contributed by atoms with Gasteiger partial charge in [0.1, 0.15) is 0 Å². The van der Waals surface area contributed by atoms with Crippen LogP contribution in [0, 0.1) is 0 Å². The van der Waals surface area contributed by atoms with Gasteiger partial charge in [-0.25, -0.2) is 0 Å². The Bertz CT molecular complexity index is 67.0. The van der Waals surface area contributed by atoms with Crippen molar-refractivity contribution in [2.75, 3.05) is 0 Å². The number of aliphatic hydroxyl groups is 1. The predicted molar refractivity (Wildman–Crippen MR) is 21.9 cm³/mol. The molecule has 0 rings (SSSR count). The third kappa shape index (κ3) is 1.71. The van der Waals surface area contributed by atoms with E-state index in [4.69, 9.17) is 5.11 Å². The van der Waals surface area contributed by atoms with Crippen LogP contribution in [0.25, 0.3) is 0 Å². The molecule has 0 atom stereocenters. The first-order valence-electron chi connectivity index (χ1n) is 2.06. The van der Waals surface area contributed by atoms with Crippen LogP contribution in [0.3, 0.4) is 0 Å². The Morgan fingerprint density at radius 1 is 1.38 bits per heavy atom. The zero-order chi connectivity index (χ0) is 7.00. The van der Waals surface area contributed by atoms with Crippen molar-refractivity contribution in [1.29, 1.82) is 0 Å². The van der Waals surface area contributed by atoms with Gasteiger partial charge >= 0.3 is 6.11 Å². The lowest BCUT2D eigenvalue weighted by Crippen LogP contribution is -2.41. The van der Waals surface area contributed by atoms with Crippen LogP contribution in [-0.4, -0.2) is 16.8 Å². The Hall–Kier alpha value is -0.220. The molecule has 0 fully saturated rings. The first-order valence-corrected chi connectivity index (χ1v) is 2.06. The molecule has 0 aromatic carbocycles. The second-order valence-electron chi connectivity index (χ2n) is 2.08. The predicted octanol–water partition coefficient (Wildman–Crippen LogP) is 0.781. The summed E-state index contributed by atoms with van der Waals surface area (Å²) in [6.07, 6.45) is -4.26. The molecule has 0 saturated carbocycles. The molecule has 49 valence electrons. The molecule has 0 bridgehead atoms. The van der Waals surface area contributed by atoms with Crippen LogP contribution in [0.2, 0.25) is 0 Å². The van der Waals surface area contributed by atoms with Gasteiger partial charge in [0, 0.05) is 0 Å². The highest BCUT2D eigenvalue weighted by molar-refractivity contribution is 4.73. The molecule has 0 saturated heterocycles. The van der Waals surface area contributed by atoms with E-state index >= 15 is 0 Å². The molecule has 0 spiro atoms. The van der Waals surface area contributed by atoms with E-state index in [1.54, 1.807) is 0 Å². The topological polar surface area (TPSA) is 40.1 Å². The summed E-state index contributed by atoms with van der Waals surface area (Å²) in [6.45, 7) is 1.53. The van der Waals surface area contributed by atoms with Crippen molar-refractivity contribution in [2.45, 2.75) is 25.6 Å². The molecule has 1 N–H and O–H groups in total. The summed E-state index contributed by atoms with van der Waals surface area (Å²) in [5, 5.41) is 17.8. The van der Waals surface area contributed by atoms with E-state index in [9.17, 15) is 13.9 Å². The molecule has 0 aliphatic carbocycles. The molecular formula is C4H7F2O2. The van der Waals surface area contributed by atoms with Gasteiger partial charge < -0.3 is 5.11 Å². The van der Waals surface area contributed by atoms with Gasteiger partial charge in [0.25, 0.3) is 0 Å². The third-order valence-electron chi connectivity index (χ3n) is 0.712. The largest absolute Gasteiger partial charge is 0.408 e. The standard InChI is InChI=1S/C4H7F2O2/c1-3(2,7)4(5,6)8/h7H,1-2H3. The zero-order valence-electron chi connectivity index (χ0n) is 4.61. The average Bonchev–Trinajstić information content (AvgIpc) is 1.25. The van der Waals surface area contributed by atoms with Crippen molar-refractivity contribution < 1.29 is 19.0 Å². The van der Waals surface area contributed by atoms with Crippen molar-refractivity contribution in [1.82, 2.24) is 0 Å². The highest BCUT2D eigenvalue weighted by atomic mass is 19.3. The van der Waals surface area contributed by atoms with Crippen molar-refractivity contribution in [3.63, 3.8) is 0 Å². The van der Waals surface area contributed by atoms with Gasteiger partial charge in [-0.2, -0.15) is 13.9 Å². The first-order chi connectivity index (χ1) is 3.25. The number of alkyl halides is 2. The first kappa shape index (κ1) is 7.78. The normalized spacial score (nSPS) is 14.2. The summed E-state index contributed by atoms with van der Waals surface area (Å²) in [4.78, 5) is 0. The maximum Gasteiger partial charge on any atom is 0.408 e. The third-order valence-corrected chi connectivity index (χ3v) is 0.712. The zero-order valence-corrected chi connectivity index (χ0v) is 4.61. The highest BCUT2D eigenvalue weighted by Gasteiger charge is 2.45. The number of halogens is 2. The van der Waals surface area contributed by atoms with Gasteiger partial charge in [-0.1, -0.05) is 0 Å². The maximum absolute atomic E-state index is 11.4. The monoisotopic (exact) mass is 125 g/mol. The van der Waals surface area contributed by atoms with Crippen molar-refractivity contribution >= 4 is 0 Å². The Labute approximate surface area is 45.8 Å². The van der Waals surface area contributed by atoms with Crippen LogP contribution in [0.4, 0.5) is 8.78 Å². The summed E-state index contributed by atoms with van der Waals surface area (Å²) in [6, 6.07) is 0. The molecular weight excluding hydrogens is 118 g/mol. The fourth-order valence-electron chi connectivity index (χ4n) is 0. The summed E-state index contributed by atoms with van der Waals surface area (Å²) in [5.41, 5.74) is -2.45. The minimum absolute atomic E-state index is 0.764. The van der Waals surface area contributed by atoms with Crippen molar-refractivity contribution in [3.05, 3.63) is 0 Å². The van der Waals surface area contributed by atoms with Crippen molar-refractivity contribution in [3.8, 4) is 0 Å². The highest BCUT2D eigenvalue weighted by Crippen LogP contribution is 2.24. The molecule has 0 unspecified atom stereocenters. The summed E-state index contributed by atoms with van der Waals surface area (Å²) in [5.74, 6) is 0. The molecule has 1 radical (unpaired) electrons. The van der Waals surface area contributed by atoms with Gasteiger partial charge in [-0.3, -0.25) is 0 Å². The molecule has 0 aromatic rings. The van der Waals surface area contributed by atoms with Gasteiger partial charge in [-0.05, 0) is 13.8 Å². The van der Waals surface area contributed by atoms with Crippen LogP contribution in [0.15, 0.2) is 0 Å². The molecule has 0 aromatic heterocycles. The Kier molecular flexibility index (Phi) is 1.59. The lowest BCUT2D eigenvalue weighted by Gasteiger charge is -2.20. The molecule has 0 amide bonds. The van der Waals surface area contributed by atoms with Crippen molar-refractivity contribution in [2.24, 2.45) is 0 Å². The maximum atomic E-state index is 11.4. The van der Waals surface area contributed by atoms with E-state index < -0.39 is 11.7 Å². The van der Waals surface area contributed by atoms with E-state index in [1.807, 2.05) is 0 Å². The fraction of sp³-hybridized carbons (Fsp3) is 1.00. The minimum Gasteiger partial charge on any atom is -0.381 e. The molecule has 0 heterocycles. The van der Waals surface area contributed by atoms with Crippen LogP contribution < -0.4 is 0 Å². The summed E-state index contributed by atoms with van der Waals surface area (Å²) >= 11 is 0. The molecule has 0 aliphatic heterocycles. The number of rotatable bonds is 1. The van der Waals surface area contributed by atoms with Crippen LogP contribution in [0.1, 0.15) is 13.8 Å². The Morgan fingerprint density at radius 2 is 1.50 bits per heavy atom. The van der Waals surface area contributed by atoms with E-state index in [1.165, 1.54) is 0 Å². The lowest BCUT2D eigenvalue weighted by atomic mass is 10.1. The molecule has 8 heavy (non-hydrogen) atoms. The number of hydrogen-bond acceptors (Lipinski definition) is 1. The second kappa shape index (κ2) is 1.63. The molecule has 0 aliphatic rings. The quantitative estimate of drug-likeness (QED) is 0.552. The average molecular weight is 125 g/mol. The summed E-state index contributed by atoms with van der Waals surface area (Å²) in [7, 11) is 0. The van der Waals surface area contributed by atoms with E-state index in [0.29, 0.717) is 0 Å². The summed E-state index contributed by atoms with van der Waals surface area (Å²) < 4.78 is 22.8. The van der Waals surface area contributed by atoms with Crippen LogP contribution >= 0.6 is 0 Å². The van der Waals surface area contributed by atoms with Gasteiger partial charge in [0.05, 0.1) is 0 Å². The lowest BCUT2D eigenvalue weighted by molar-refractivity contribution is -0.325. The Morgan fingerprint density at radius 3 is 1.50 bits per heavy atom. The second-order valence-corrected chi connectivity index (χ2v) is 2.08. The number of hydrogen-bond donors (Lipinski definition) is 1. The van der Waals surface area contributed by atoms with Gasteiger partial charge in [-0.15, -0.1) is 0 Å². The van der Waals surface area contributed by atoms with Gasteiger partial charge in [0.15, 0.2) is 5.60 Å². The molecule has 2 nitrogen and oxygen atoms in total. The van der Waals surface area contributed by atoms with E-state index in [-0.39, 0.29) is 0 Å². The Balaban J connectivity index is 4.02. The minimum atomic E-state index is -4.26. The smallest absolute Gasteiger partial charge is 0.381 e. The molecule has 4 heteroatoms. The van der Waals surface area contributed by atoms with E-state index in [2.05, 4.69) is 0 Å².